The maximum Gasteiger partial charge on any atom is 0.413 e. The van der Waals surface area contributed by atoms with Crippen LogP contribution in [-0.4, -0.2) is 27.9 Å². The first-order valence-corrected chi connectivity index (χ1v) is 9.42. The zero-order valence-electron chi connectivity index (χ0n) is 16.4. The normalized spacial score (nSPS) is 10.7. The second kappa shape index (κ2) is 8.57. The molecule has 4 aromatic rings. The Kier molecular flexibility index (Phi) is 5.52. The number of benzene rings is 2. The molecule has 2 N–H and O–H groups in total. The quantitative estimate of drug-likeness (QED) is 0.493. The van der Waals surface area contributed by atoms with Crippen LogP contribution in [0.2, 0.25) is 0 Å². The Balaban J connectivity index is 1.59. The number of anilines is 1. The number of hydrogen-bond donors (Lipinski definition) is 2. The summed E-state index contributed by atoms with van der Waals surface area (Å²) in [6.45, 7) is 0.418. The van der Waals surface area contributed by atoms with Gasteiger partial charge in [0, 0.05) is 17.0 Å². The van der Waals surface area contributed by atoms with Crippen molar-refractivity contribution < 1.29 is 19.4 Å². The molecule has 2 aromatic carbocycles. The van der Waals surface area contributed by atoms with E-state index < -0.39 is 6.09 Å². The van der Waals surface area contributed by atoms with Gasteiger partial charge in [0.2, 0.25) is 0 Å². The van der Waals surface area contributed by atoms with E-state index >= 15 is 0 Å². The third-order valence-corrected chi connectivity index (χ3v) is 4.80. The van der Waals surface area contributed by atoms with Gasteiger partial charge in [-0.05, 0) is 35.9 Å². The summed E-state index contributed by atoms with van der Waals surface area (Å²) in [5, 5.41) is 14.9. The van der Waals surface area contributed by atoms with Gasteiger partial charge in [0.05, 0.1) is 19.3 Å². The lowest BCUT2D eigenvalue weighted by atomic mass is 10.2. The zero-order valence-corrected chi connectivity index (χ0v) is 16.4. The maximum absolute atomic E-state index is 12.2. The number of amides is 1. The van der Waals surface area contributed by atoms with Gasteiger partial charge in [0.25, 0.3) is 0 Å². The lowest BCUT2D eigenvalue weighted by Crippen LogP contribution is -2.16. The highest BCUT2D eigenvalue weighted by molar-refractivity contribution is 5.91. The number of pyridine rings is 1. The second-order valence-electron chi connectivity index (χ2n) is 6.67. The molecule has 0 spiro atoms. The fourth-order valence-corrected chi connectivity index (χ4v) is 3.30. The fraction of sp³-hybridized carbons (Fsp3) is 0.130. The number of methoxy groups -OCH3 is 1. The Bertz CT molecular complexity index is 1150. The Morgan fingerprint density at radius 1 is 1.03 bits per heavy atom. The molecule has 0 fully saturated rings. The molecule has 0 aliphatic carbocycles. The van der Waals surface area contributed by atoms with Crippen molar-refractivity contribution >= 4 is 22.7 Å². The molecule has 2 heterocycles. The van der Waals surface area contributed by atoms with Crippen molar-refractivity contribution in [2.45, 2.75) is 13.2 Å². The molecule has 1 amide bonds. The molecule has 0 unspecified atom stereocenters. The van der Waals surface area contributed by atoms with Gasteiger partial charge in [-0.15, -0.1) is 0 Å². The van der Waals surface area contributed by atoms with E-state index in [1.54, 1.807) is 36.1 Å². The van der Waals surface area contributed by atoms with Gasteiger partial charge in [-0.1, -0.05) is 36.4 Å². The molecule has 0 saturated heterocycles. The van der Waals surface area contributed by atoms with E-state index in [0.29, 0.717) is 23.4 Å². The van der Waals surface area contributed by atoms with Crippen LogP contribution in [0.5, 0.6) is 11.6 Å². The zero-order chi connectivity index (χ0) is 20.9. The average Bonchev–Trinajstić information content (AvgIpc) is 3.05. The molecule has 0 aliphatic rings. The summed E-state index contributed by atoms with van der Waals surface area (Å²) < 4.78 is 12.4. The Morgan fingerprint density at radius 3 is 2.47 bits per heavy atom. The van der Waals surface area contributed by atoms with Crippen LogP contribution in [0.25, 0.3) is 10.8 Å². The van der Waals surface area contributed by atoms with Crippen molar-refractivity contribution in [3.8, 4) is 11.6 Å². The monoisotopic (exact) mass is 403 g/mol. The van der Waals surface area contributed by atoms with Crippen molar-refractivity contribution in [3.05, 3.63) is 84.2 Å². The highest BCUT2D eigenvalue weighted by Gasteiger charge is 2.18. The molecule has 0 atom stereocenters. The number of carbonyl (C=O) groups excluding carboxylic acids is 1. The molecular formula is C23H21N3O4. The van der Waals surface area contributed by atoms with Crippen LogP contribution in [0.1, 0.15) is 11.3 Å². The van der Waals surface area contributed by atoms with Crippen molar-refractivity contribution in [1.82, 2.24) is 9.55 Å². The predicted molar refractivity (Wildman–Crippen MR) is 114 cm³/mol. The van der Waals surface area contributed by atoms with E-state index in [1.165, 1.54) is 0 Å². The maximum atomic E-state index is 12.2. The first-order chi connectivity index (χ1) is 14.7. The van der Waals surface area contributed by atoms with Crippen molar-refractivity contribution in [1.29, 1.82) is 0 Å². The van der Waals surface area contributed by atoms with Crippen LogP contribution < -0.4 is 10.1 Å². The summed E-state index contributed by atoms with van der Waals surface area (Å²) in [5.41, 5.74) is 1.68. The summed E-state index contributed by atoms with van der Waals surface area (Å²) >= 11 is 0. The van der Waals surface area contributed by atoms with E-state index in [1.807, 2.05) is 48.5 Å². The number of fused-ring (bicyclic) bond motifs is 1. The number of rotatable bonds is 6. The molecular weight excluding hydrogens is 382 g/mol. The van der Waals surface area contributed by atoms with Crippen LogP contribution in [0.3, 0.4) is 0 Å². The largest absolute Gasteiger partial charge is 0.497 e. The molecule has 0 radical (unpaired) electrons. The SMILES string of the molecule is COc1ccc(Cn2c(O)c3ccccc3c2COC(=O)Nc2ccccn2)cc1. The summed E-state index contributed by atoms with van der Waals surface area (Å²) in [7, 11) is 1.62. The molecule has 0 saturated carbocycles. The standard InChI is InChI=1S/C23H21N3O4/c1-29-17-11-9-16(10-12-17)14-26-20(18-6-2-3-7-19(18)22(26)27)15-30-23(28)25-21-8-4-5-13-24-21/h2-13,27H,14-15H2,1H3,(H,24,25,28). The summed E-state index contributed by atoms with van der Waals surface area (Å²) in [6.07, 6.45) is 0.968. The topological polar surface area (TPSA) is 85.6 Å². The summed E-state index contributed by atoms with van der Waals surface area (Å²) in [6, 6.07) is 20.3. The highest BCUT2D eigenvalue weighted by Crippen LogP contribution is 2.33. The number of aromatic nitrogens is 2. The molecule has 30 heavy (non-hydrogen) atoms. The molecule has 7 heteroatoms. The molecule has 2 aromatic heterocycles. The molecule has 152 valence electrons. The van der Waals surface area contributed by atoms with Crippen molar-refractivity contribution in [2.75, 3.05) is 12.4 Å². The van der Waals surface area contributed by atoms with Crippen LogP contribution in [0.4, 0.5) is 10.6 Å². The number of nitrogens with zero attached hydrogens (tertiary/aromatic N) is 2. The van der Waals surface area contributed by atoms with Gasteiger partial charge < -0.3 is 19.1 Å². The van der Waals surface area contributed by atoms with Crippen LogP contribution in [0.15, 0.2) is 72.9 Å². The lowest BCUT2D eigenvalue weighted by molar-refractivity contribution is 0.152. The minimum atomic E-state index is -0.616. The summed E-state index contributed by atoms with van der Waals surface area (Å²) in [5.74, 6) is 1.30. The molecule has 0 aliphatic heterocycles. The van der Waals surface area contributed by atoms with E-state index in [2.05, 4.69) is 10.3 Å². The van der Waals surface area contributed by atoms with Gasteiger partial charge in [-0.2, -0.15) is 0 Å². The van der Waals surface area contributed by atoms with E-state index in [0.717, 1.165) is 16.7 Å². The number of hydrogen-bond acceptors (Lipinski definition) is 5. The Hall–Kier alpha value is -4.00. The number of carbonyl (C=O) groups is 1. The van der Waals surface area contributed by atoms with E-state index in [9.17, 15) is 9.90 Å². The first-order valence-electron chi connectivity index (χ1n) is 9.42. The van der Waals surface area contributed by atoms with Crippen LogP contribution >= 0.6 is 0 Å². The van der Waals surface area contributed by atoms with Gasteiger partial charge in [-0.25, -0.2) is 9.78 Å². The Labute approximate surface area is 173 Å². The van der Waals surface area contributed by atoms with Gasteiger partial charge in [-0.3, -0.25) is 5.32 Å². The highest BCUT2D eigenvalue weighted by atomic mass is 16.5. The van der Waals surface area contributed by atoms with Crippen molar-refractivity contribution in [2.24, 2.45) is 0 Å². The first kappa shape index (κ1) is 19.3. The van der Waals surface area contributed by atoms with Gasteiger partial charge in [0.1, 0.15) is 18.2 Å². The Morgan fingerprint density at radius 2 is 1.77 bits per heavy atom. The molecule has 0 bridgehead atoms. The third kappa shape index (κ3) is 4.05. The third-order valence-electron chi connectivity index (χ3n) is 4.80. The van der Waals surface area contributed by atoms with Crippen molar-refractivity contribution in [3.63, 3.8) is 0 Å². The second-order valence-corrected chi connectivity index (χ2v) is 6.67. The smallest absolute Gasteiger partial charge is 0.413 e. The minimum absolute atomic E-state index is 0.00407. The minimum Gasteiger partial charge on any atom is -0.497 e. The number of aromatic hydroxyl groups is 1. The fourth-order valence-electron chi connectivity index (χ4n) is 3.30. The number of ether oxygens (including phenoxy) is 2. The average molecular weight is 403 g/mol. The molecule has 4 rings (SSSR count). The van der Waals surface area contributed by atoms with E-state index in [4.69, 9.17) is 9.47 Å². The summed E-state index contributed by atoms with van der Waals surface area (Å²) in [4.78, 5) is 16.3. The lowest BCUT2D eigenvalue weighted by Gasteiger charge is -2.12. The number of nitrogens with one attached hydrogen (secondary N) is 1. The molecule has 7 nitrogen and oxygen atoms in total. The van der Waals surface area contributed by atoms with Gasteiger partial charge in [0.15, 0.2) is 5.88 Å². The van der Waals surface area contributed by atoms with Crippen LogP contribution in [-0.2, 0) is 17.9 Å². The predicted octanol–water partition coefficient (Wildman–Crippen LogP) is 4.55. The van der Waals surface area contributed by atoms with E-state index in [-0.39, 0.29) is 12.5 Å². The van der Waals surface area contributed by atoms with Crippen LogP contribution in [0, 0.1) is 0 Å². The van der Waals surface area contributed by atoms with Gasteiger partial charge >= 0.3 is 6.09 Å².